The molecule has 1 heterocycles. The number of amides is 1. The Morgan fingerprint density at radius 2 is 2.33 bits per heavy atom. The number of carbonyl (C=O) groups is 1. The van der Waals surface area contributed by atoms with E-state index in [-0.39, 0.29) is 18.1 Å². The highest BCUT2D eigenvalue weighted by Gasteiger charge is 2.26. The van der Waals surface area contributed by atoms with Gasteiger partial charge in [0, 0.05) is 11.1 Å². The molecular weight excluding hydrogens is 298 g/mol. The molecule has 0 aromatic heterocycles. The van der Waals surface area contributed by atoms with Crippen molar-refractivity contribution in [2.24, 2.45) is 0 Å². The molecule has 0 saturated carbocycles. The van der Waals surface area contributed by atoms with Gasteiger partial charge in [0.05, 0.1) is 24.8 Å². The van der Waals surface area contributed by atoms with Crippen LogP contribution < -0.4 is 10.1 Å². The first-order chi connectivity index (χ1) is 8.61. The number of nitrogens with one attached hydrogen (secondary N) is 1. The third kappa shape index (κ3) is 2.84. The number of halogens is 1. The number of rotatable bonds is 3. The molecule has 1 N–H and O–H groups in total. The molecule has 5 heteroatoms. The van der Waals surface area contributed by atoms with Gasteiger partial charge in [-0.25, -0.2) is 0 Å². The summed E-state index contributed by atoms with van der Waals surface area (Å²) in [5, 5.41) is 2.99. The zero-order valence-electron chi connectivity index (χ0n) is 10.4. The van der Waals surface area contributed by atoms with E-state index in [0.717, 1.165) is 10.9 Å². The molecule has 4 nitrogen and oxygen atoms in total. The van der Waals surface area contributed by atoms with E-state index in [2.05, 4.69) is 21.2 Å². The van der Waals surface area contributed by atoms with E-state index in [1.54, 1.807) is 13.2 Å². The molecule has 0 bridgehead atoms. The number of ether oxygens (including phenoxy) is 2. The van der Waals surface area contributed by atoms with Crippen molar-refractivity contribution < 1.29 is 14.3 Å². The predicted molar refractivity (Wildman–Crippen MR) is 72.0 cm³/mol. The Morgan fingerprint density at radius 1 is 1.56 bits per heavy atom. The second-order valence-corrected chi connectivity index (χ2v) is 5.14. The minimum Gasteiger partial charge on any atom is -0.497 e. The third-order valence-corrected chi connectivity index (χ3v) is 3.80. The predicted octanol–water partition coefficient (Wildman–Crippen LogP) is 2.36. The van der Waals surface area contributed by atoms with Gasteiger partial charge in [0.15, 0.2) is 0 Å². The summed E-state index contributed by atoms with van der Waals surface area (Å²) in [5.74, 6) is 0.558. The zero-order chi connectivity index (χ0) is 13.1. The largest absolute Gasteiger partial charge is 0.497 e. The highest BCUT2D eigenvalue weighted by Crippen LogP contribution is 2.23. The van der Waals surface area contributed by atoms with Crippen molar-refractivity contribution in [1.29, 1.82) is 0 Å². The molecule has 1 aromatic carbocycles. The highest BCUT2D eigenvalue weighted by molar-refractivity contribution is 9.10. The number of hydrogen-bond acceptors (Lipinski definition) is 3. The lowest BCUT2D eigenvalue weighted by atomic mass is 10.1. The van der Waals surface area contributed by atoms with Crippen molar-refractivity contribution >= 4 is 21.8 Å². The maximum Gasteiger partial charge on any atom is 0.252 e. The van der Waals surface area contributed by atoms with Gasteiger partial charge in [-0.1, -0.05) is 0 Å². The average molecular weight is 314 g/mol. The van der Waals surface area contributed by atoms with E-state index in [1.807, 2.05) is 19.1 Å². The Bertz CT molecular complexity index is 450. The van der Waals surface area contributed by atoms with Gasteiger partial charge in [-0.15, -0.1) is 0 Å². The van der Waals surface area contributed by atoms with Crippen molar-refractivity contribution in [1.82, 2.24) is 5.32 Å². The molecule has 0 radical (unpaired) electrons. The molecule has 0 spiro atoms. The van der Waals surface area contributed by atoms with Crippen LogP contribution in [0.2, 0.25) is 0 Å². The van der Waals surface area contributed by atoms with Crippen molar-refractivity contribution in [2.45, 2.75) is 25.5 Å². The lowest BCUT2D eigenvalue weighted by Crippen LogP contribution is -2.39. The first-order valence-corrected chi connectivity index (χ1v) is 6.67. The van der Waals surface area contributed by atoms with Gasteiger partial charge in [0.1, 0.15) is 5.75 Å². The summed E-state index contributed by atoms with van der Waals surface area (Å²) >= 11 is 3.38. The summed E-state index contributed by atoms with van der Waals surface area (Å²) in [6, 6.07) is 5.42. The first-order valence-electron chi connectivity index (χ1n) is 5.88. The lowest BCUT2D eigenvalue weighted by molar-refractivity contribution is 0.0865. The zero-order valence-corrected chi connectivity index (χ0v) is 12.0. The van der Waals surface area contributed by atoms with Crippen LogP contribution in [0.4, 0.5) is 0 Å². The number of benzene rings is 1. The number of hydrogen-bond donors (Lipinski definition) is 1. The fourth-order valence-electron chi connectivity index (χ4n) is 1.97. The van der Waals surface area contributed by atoms with E-state index in [0.29, 0.717) is 17.9 Å². The quantitative estimate of drug-likeness (QED) is 0.932. The van der Waals surface area contributed by atoms with Crippen LogP contribution in [-0.4, -0.2) is 31.8 Å². The second-order valence-electron chi connectivity index (χ2n) is 4.29. The Morgan fingerprint density at radius 3 is 2.94 bits per heavy atom. The van der Waals surface area contributed by atoms with Gasteiger partial charge in [-0.2, -0.15) is 0 Å². The van der Waals surface area contributed by atoms with Gasteiger partial charge in [-0.3, -0.25) is 4.79 Å². The van der Waals surface area contributed by atoms with E-state index >= 15 is 0 Å². The molecule has 1 aliphatic rings. The molecule has 0 aliphatic carbocycles. The van der Waals surface area contributed by atoms with Crippen molar-refractivity contribution in [2.75, 3.05) is 13.7 Å². The van der Waals surface area contributed by atoms with Crippen molar-refractivity contribution in [3.05, 3.63) is 28.2 Å². The molecule has 18 heavy (non-hydrogen) atoms. The van der Waals surface area contributed by atoms with Gasteiger partial charge < -0.3 is 14.8 Å². The second kappa shape index (κ2) is 5.71. The van der Waals surface area contributed by atoms with Crippen LogP contribution in [-0.2, 0) is 4.74 Å². The Labute approximate surface area is 115 Å². The van der Waals surface area contributed by atoms with Crippen LogP contribution in [0.15, 0.2) is 22.7 Å². The van der Waals surface area contributed by atoms with Gasteiger partial charge in [0.25, 0.3) is 5.91 Å². The maximum absolute atomic E-state index is 12.2. The van der Waals surface area contributed by atoms with Crippen LogP contribution in [0.3, 0.4) is 0 Å². The number of carbonyl (C=O) groups excluding carboxylic acids is 1. The summed E-state index contributed by atoms with van der Waals surface area (Å²) in [6.45, 7) is 2.67. The molecule has 1 fully saturated rings. The van der Waals surface area contributed by atoms with Crippen LogP contribution in [0.1, 0.15) is 23.7 Å². The molecule has 1 amide bonds. The van der Waals surface area contributed by atoms with E-state index in [4.69, 9.17) is 9.47 Å². The summed E-state index contributed by atoms with van der Waals surface area (Å²) < 4.78 is 11.3. The van der Waals surface area contributed by atoms with Crippen LogP contribution in [0, 0.1) is 0 Å². The van der Waals surface area contributed by atoms with Gasteiger partial charge >= 0.3 is 0 Å². The molecule has 1 saturated heterocycles. The van der Waals surface area contributed by atoms with E-state index in [1.165, 1.54) is 0 Å². The molecule has 0 unspecified atom stereocenters. The smallest absolute Gasteiger partial charge is 0.252 e. The summed E-state index contributed by atoms with van der Waals surface area (Å²) in [4.78, 5) is 12.2. The summed E-state index contributed by atoms with van der Waals surface area (Å²) in [7, 11) is 1.58. The number of methoxy groups -OCH3 is 1. The first kappa shape index (κ1) is 13.4. The fourth-order valence-corrected chi connectivity index (χ4v) is 2.40. The van der Waals surface area contributed by atoms with Crippen LogP contribution in [0.5, 0.6) is 5.75 Å². The van der Waals surface area contributed by atoms with Crippen molar-refractivity contribution in [3.63, 3.8) is 0 Å². The van der Waals surface area contributed by atoms with Gasteiger partial charge in [0.2, 0.25) is 0 Å². The maximum atomic E-state index is 12.2. The SMILES string of the molecule is COc1ccc(Br)c(C(=O)N[C@@H]2CCO[C@@H]2C)c1. The summed E-state index contributed by atoms with van der Waals surface area (Å²) in [6.07, 6.45) is 0.924. The summed E-state index contributed by atoms with van der Waals surface area (Å²) in [5.41, 5.74) is 0.577. The highest BCUT2D eigenvalue weighted by atomic mass is 79.9. The molecule has 1 aliphatic heterocycles. The molecule has 1 aromatic rings. The molecule has 2 rings (SSSR count). The van der Waals surface area contributed by atoms with Crippen LogP contribution >= 0.6 is 15.9 Å². The normalized spacial score (nSPS) is 22.8. The minimum atomic E-state index is -0.108. The van der Waals surface area contributed by atoms with E-state index in [9.17, 15) is 4.79 Å². The third-order valence-electron chi connectivity index (χ3n) is 3.11. The standard InChI is InChI=1S/C13H16BrNO3/c1-8-12(5-6-18-8)15-13(16)10-7-9(17-2)3-4-11(10)14/h3-4,7-8,12H,5-6H2,1-2H3,(H,15,16)/t8-,12-/m1/s1. The average Bonchev–Trinajstić information content (AvgIpc) is 2.75. The van der Waals surface area contributed by atoms with Gasteiger partial charge in [-0.05, 0) is 47.5 Å². The topological polar surface area (TPSA) is 47.6 Å². The molecule has 98 valence electrons. The minimum absolute atomic E-state index is 0.0679. The van der Waals surface area contributed by atoms with E-state index < -0.39 is 0 Å². The monoisotopic (exact) mass is 313 g/mol. The molecule has 2 atom stereocenters. The lowest BCUT2D eigenvalue weighted by Gasteiger charge is -2.16. The van der Waals surface area contributed by atoms with Crippen LogP contribution in [0.25, 0.3) is 0 Å². The Hall–Kier alpha value is -1.07. The molecular formula is C13H16BrNO3. The van der Waals surface area contributed by atoms with Crippen molar-refractivity contribution in [3.8, 4) is 5.75 Å². The Balaban J connectivity index is 2.12. The fraction of sp³-hybridized carbons (Fsp3) is 0.462. The Kier molecular flexibility index (Phi) is 4.24.